The summed E-state index contributed by atoms with van der Waals surface area (Å²) in [5, 5.41) is 7.56. The lowest BCUT2D eigenvalue weighted by molar-refractivity contribution is 0.418. The van der Waals surface area contributed by atoms with Gasteiger partial charge in [0.15, 0.2) is 0 Å². The van der Waals surface area contributed by atoms with E-state index in [1.165, 1.54) is 18.5 Å². The molecular weight excluding hydrogens is 186 g/mol. The molecule has 3 heteroatoms. The molecule has 0 radical (unpaired) electrons. The molecule has 0 aliphatic rings. The highest BCUT2D eigenvalue weighted by molar-refractivity contribution is 5.00. The first kappa shape index (κ1) is 12.2. The van der Waals surface area contributed by atoms with Crippen LogP contribution in [0, 0.1) is 5.92 Å². The molecule has 0 spiro atoms. The number of hydrogen-bond acceptors (Lipinski definition) is 2. The molecule has 1 unspecified atom stereocenters. The predicted octanol–water partition coefficient (Wildman–Crippen LogP) is 1.99. The van der Waals surface area contributed by atoms with Crippen molar-refractivity contribution in [2.24, 2.45) is 13.0 Å². The summed E-state index contributed by atoms with van der Waals surface area (Å²) in [6, 6.07) is 2.72. The smallest absolute Gasteiger partial charge is 0.0492 e. The molecule has 0 saturated heterocycles. The number of rotatable bonds is 6. The van der Waals surface area contributed by atoms with Crippen molar-refractivity contribution in [2.45, 2.75) is 39.2 Å². The predicted molar refractivity (Wildman–Crippen MR) is 63.8 cm³/mol. The van der Waals surface area contributed by atoms with Crippen molar-refractivity contribution in [3.63, 3.8) is 0 Å². The van der Waals surface area contributed by atoms with Gasteiger partial charge in [-0.25, -0.2) is 0 Å². The van der Waals surface area contributed by atoms with E-state index in [2.05, 4.69) is 37.4 Å². The fourth-order valence-corrected chi connectivity index (χ4v) is 1.92. The second kappa shape index (κ2) is 5.91. The first-order valence-corrected chi connectivity index (χ1v) is 5.77. The summed E-state index contributed by atoms with van der Waals surface area (Å²) < 4.78 is 1.96. The van der Waals surface area contributed by atoms with Crippen molar-refractivity contribution in [3.8, 4) is 0 Å². The Bertz CT molecular complexity index is 278. The third kappa shape index (κ3) is 4.04. The van der Waals surface area contributed by atoms with Gasteiger partial charge in [-0.05, 0) is 38.3 Å². The number of nitrogens with one attached hydrogen (secondary N) is 1. The van der Waals surface area contributed by atoms with E-state index in [1.54, 1.807) is 0 Å². The zero-order chi connectivity index (χ0) is 11.3. The van der Waals surface area contributed by atoms with Crippen molar-refractivity contribution in [2.75, 3.05) is 7.05 Å². The second-order valence-electron chi connectivity index (χ2n) is 4.60. The van der Waals surface area contributed by atoms with E-state index in [4.69, 9.17) is 0 Å². The first-order valence-electron chi connectivity index (χ1n) is 5.77. The topological polar surface area (TPSA) is 29.9 Å². The Morgan fingerprint density at radius 3 is 2.67 bits per heavy atom. The largest absolute Gasteiger partial charge is 0.317 e. The molecule has 1 N–H and O–H groups in total. The lowest BCUT2D eigenvalue weighted by Crippen LogP contribution is -2.27. The van der Waals surface area contributed by atoms with Gasteiger partial charge in [0.1, 0.15) is 0 Å². The van der Waals surface area contributed by atoms with Gasteiger partial charge in [-0.2, -0.15) is 5.10 Å². The lowest BCUT2D eigenvalue weighted by atomic mass is 9.99. The van der Waals surface area contributed by atoms with E-state index < -0.39 is 0 Å². The standard InChI is InChI=1S/C12H23N3/c1-10(2)9-11(13-3)5-6-12-7-8-14-15(12)4/h7-8,10-11,13H,5-6,9H2,1-4H3. The van der Waals surface area contributed by atoms with Gasteiger partial charge in [0.25, 0.3) is 0 Å². The van der Waals surface area contributed by atoms with E-state index in [0.717, 1.165) is 12.3 Å². The van der Waals surface area contributed by atoms with E-state index >= 15 is 0 Å². The molecule has 15 heavy (non-hydrogen) atoms. The monoisotopic (exact) mass is 209 g/mol. The molecule has 0 aliphatic heterocycles. The quantitative estimate of drug-likeness (QED) is 0.776. The second-order valence-corrected chi connectivity index (χ2v) is 4.60. The van der Waals surface area contributed by atoms with Gasteiger partial charge in [0.05, 0.1) is 0 Å². The molecule has 1 aromatic heterocycles. The zero-order valence-corrected chi connectivity index (χ0v) is 10.3. The summed E-state index contributed by atoms with van der Waals surface area (Å²) in [6.07, 6.45) is 5.41. The minimum atomic E-state index is 0.625. The van der Waals surface area contributed by atoms with Crippen LogP contribution < -0.4 is 5.32 Å². The zero-order valence-electron chi connectivity index (χ0n) is 10.3. The van der Waals surface area contributed by atoms with E-state index in [9.17, 15) is 0 Å². The van der Waals surface area contributed by atoms with Gasteiger partial charge in [-0.15, -0.1) is 0 Å². The van der Waals surface area contributed by atoms with Crippen molar-refractivity contribution in [1.29, 1.82) is 0 Å². The number of nitrogens with zero attached hydrogens (tertiary/aromatic N) is 2. The Morgan fingerprint density at radius 2 is 2.20 bits per heavy atom. The van der Waals surface area contributed by atoms with Crippen molar-refractivity contribution in [1.82, 2.24) is 15.1 Å². The maximum atomic E-state index is 4.18. The van der Waals surface area contributed by atoms with Gasteiger partial charge >= 0.3 is 0 Å². The van der Waals surface area contributed by atoms with Crippen LogP contribution in [0.25, 0.3) is 0 Å². The molecular formula is C12H23N3. The Morgan fingerprint density at radius 1 is 1.47 bits per heavy atom. The van der Waals surface area contributed by atoms with Gasteiger partial charge in [-0.3, -0.25) is 4.68 Å². The van der Waals surface area contributed by atoms with Gasteiger partial charge in [0, 0.05) is 25.0 Å². The summed E-state index contributed by atoms with van der Waals surface area (Å²) in [5.74, 6) is 0.758. The SMILES string of the molecule is CNC(CCc1ccnn1C)CC(C)C. The van der Waals surface area contributed by atoms with Crippen LogP contribution in [-0.4, -0.2) is 22.9 Å². The Hall–Kier alpha value is -0.830. The van der Waals surface area contributed by atoms with Crippen LogP contribution in [0.4, 0.5) is 0 Å². The maximum Gasteiger partial charge on any atom is 0.0492 e. The Kier molecular flexibility index (Phi) is 4.82. The van der Waals surface area contributed by atoms with E-state index in [0.29, 0.717) is 6.04 Å². The average Bonchev–Trinajstić information content (AvgIpc) is 2.58. The average molecular weight is 209 g/mol. The molecule has 0 fully saturated rings. The molecule has 0 amide bonds. The van der Waals surface area contributed by atoms with Crippen molar-refractivity contribution in [3.05, 3.63) is 18.0 Å². The third-order valence-corrected chi connectivity index (χ3v) is 2.84. The summed E-state index contributed by atoms with van der Waals surface area (Å²) in [6.45, 7) is 4.54. The van der Waals surface area contributed by atoms with Crippen molar-refractivity contribution >= 4 is 0 Å². The number of aryl methyl sites for hydroxylation is 2. The molecule has 86 valence electrons. The van der Waals surface area contributed by atoms with Gasteiger partial charge in [0.2, 0.25) is 0 Å². The molecule has 1 heterocycles. The van der Waals surface area contributed by atoms with E-state index in [-0.39, 0.29) is 0 Å². The summed E-state index contributed by atoms with van der Waals surface area (Å²) in [7, 11) is 4.06. The Labute approximate surface area is 92.9 Å². The van der Waals surface area contributed by atoms with Crippen LogP contribution in [0.3, 0.4) is 0 Å². The fraction of sp³-hybridized carbons (Fsp3) is 0.750. The number of aromatic nitrogens is 2. The van der Waals surface area contributed by atoms with Crippen LogP contribution in [0.2, 0.25) is 0 Å². The fourth-order valence-electron chi connectivity index (χ4n) is 1.92. The molecule has 0 aromatic carbocycles. The molecule has 1 aromatic rings. The van der Waals surface area contributed by atoms with Crippen molar-refractivity contribution < 1.29 is 0 Å². The van der Waals surface area contributed by atoms with Crippen LogP contribution in [0.1, 0.15) is 32.4 Å². The summed E-state index contributed by atoms with van der Waals surface area (Å²) in [4.78, 5) is 0. The maximum absolute atomic E-state index is 4.18. The van der Waals surface area contributed by atoms with Gasteiger partial charge in [-0.1, -0.05) is 13.8 Å². The van der Waals surface area contributed by atoms with Crippen LogP contribution >= 0.6 is 0 Å². The third-order valence-electron chi connectivity index (χ3n) is 2.84. The molecule has 1 rings (SSSR count). The molecule has 0 aliphatic carbocycles. The van der Waals surface area contributed by atoms with Crippen LogP contribution in [0.15, 0.2) is 12.3 Å². The molecule has 1 atom stereocenters. The first-order chi connectivity index (χ1) is 7.13. The summed E-state index contributed by atoms with van der Waals surface area (Å²) in [5.41, 5.74) is 1.32. The molecule has 0 bridgehead atoms. The highest BCUT2D eigenvalue weighted by Gasteiger charge is 2.09. The lowest BCUT2D eigenvalue weighted by Gasteiger charge is -2.18. The molecule has 0 saturated carbocycles. The highest BCUT2D eigenvalue weighted by Crippen LogP contribution is 2.10. The normalized spacial score (nSPS) is 13.4. The minimum Gasteiger partial charge on any atom is -0.317 e. The van der Waals surface area contributed by atoms with E-state index in [1.807, 2.05) is 17.9 Å². The van der Waals surface area contributed by atoms with Crippen LogP contribution in [-0.2, 0) is 13.5 Å². The molecule has 3 nitrogen and oxygen atoms in total. The Balaban J connectivity index is 2.37. The number of hydrogen-bond donors (Lipinski definition) is 1. The van der Waals surface area contributed by atoms with Crippen LogP contribution in [0.5, 0.6) is 0 Å². The summed E-state index contributed by atoms with van der Waals surface area (Å²) >= 11 is 0. The highest BCUT2D eigenvalue weighted by atomic mass is 15.2. The van der Waals surface area contributed by atoms with Gasteiger partial charge < -0.3 is 5.32 Å². The minimum absolute atomic E-state index is 0.625.